The fourth-order valence-corrected chi connectivity index (χ4v) is 3.91. The standard InChI is InChI=1S/C22H30N2O2/c1-15-9-17(3)19(21(25)11-15)13-23-5-7-24(8-6-23)14-20-18(4)10-16(2)12-22(20)26/h9-12,25-26H,5-8,13-14H2,1-4H3. The highest BCUT2D eigenvalue weighted by atomic mass is 16.3. The molecule has 2 aromatic carbocycles. The van der Waals surface area contributed by atoms with Crippen LogP contribution in [0.1, 0.15) is 33.4 Å². The van der Waals surface area contributed by atoms with Crippen LogP contribution in [-0.2, 0) is 13.1 Å². The third-order valence-corrected chi connectivity index (χ3v) is 5.42. The Labute approximate surface area is 156 Å². The average Bonchev–Trinajstić information content (AvgIpc) is 2.55. The molecule has 4 nitrogen and oxygen atoms in total. The number of aromatic hydroxyl groups is 2. The number of piperazine rings is 1. The van der Waals surface area contributed by atoms with E-state index in [2.05, 4.69) is 35.8 Å². The van der Waals surface area contributed by atoms with Gasteiger partial charge in [-0.15, -0.1) is 0 Å². The maximum absolute atomic E-state index is 10.3. The van der Waals surface area contributed by atoms with Crippen LogP contribution in [0.2, 0.25) is 0 Å². The molecule has 0 bridgehead atoms. The number of hydrogen-bond acceptors (Lipinski definition) is 4. The Morgan fingerprint density at radius 3 is 1.31 bits per heavy atom. The van der Waals surface area contributed by atoms with Gasteiger partial charge >= 0.3 is 0 Å². The lowest BCUT2D eigenvalue weighted by atomic mass is 10.0. The molecule has 2 aromatic rings. The van der Waals surface area contributed by atoms with Crippen molar-refractivity contribution in [2.75, 3.05) is 26.2 Å². The van der Waals surface area contributed by atoms with Crippen molar-refractivity contribution in [1.29, 1.82) is 0 Å². The van der Waals surface area contributed by atoms with Gasteiger partial charge in [0.25, 0.3) is 0 Å². The molecule has 0 saturated carbocycles. The van der Waals surface area contributed by atoms with E-state index >= 15 is 0 Å². The Kier molecular flexibility index (Phi) is 5.54. The number of hydrogen-bond donors (Lipinski definition) is 2. The van der Waals surface area contributed by atoms with Gasteiger partial charge < -0.3 is 10.2 Å². The highest BCUT2D eigenvalue weighted by Crippen LogP contribution is 2.27. The third kappa shape index (κ3) is 4.19. The van der Waals surface area contributed by atoms with Crippen LogP contribution in [-0.4, -0.2) is 46.2 Å². The summed E-state index contributed by atoms with van der Waals surface area (Å²) < 4.78 is 0. The zero-order valence-electron chi connectivity index (χ0n) is 16.3. The van der Waals surface area contributed by atoms with Gasteiger partial charge in [0.05, 0.1) is 0 Å². The van der Waals surface area contributed by atoms with E-state index in [1.165, 1.54) is 0 Å². The molecule has 0 spiro atoms. The summed E-state index contributed by atoms with van der Waals surface area (Å²) in [5.74, 6) is 0.815. The fraction of sp³-hybridized carbons (Fsp3) is 0.455. The van der Waals surface area contributed by atoms with Crippen molar-refractivity contribution in [3.05, 3.63) is 57.6 Å². The van der Waals surface area contributed by atoms with Crippen molar-refractivity contribution in [2.45, 2.75) is 40.8 Å². The van der Waals surface area contributed by atoms with Crippen LogP contribution in [0.4, 0.5) is 0 Å². The highest BCUT2D eigenvalue weighted by Gasteiger charge is 2.20. The summed E-state index contributed by atoms with van der Waals surface area (Å²) in [5.41, 5.74) is 6.59. The number of nitrogens with zero attached hydrogens (tertiary/aromatic N) is 2. The number of benzene rings is 2. The topological polar surface area (TPSA) is 46.9 Å². The van der Waals surface area contributed by atoms with Gasteiger partial charge in [-0.25, -0.2) is 0 Å². The normalized spacial score (nSPS) is 16.2. The molecule has 0 unspecified atom stereocenters. The lowest BCUT2D eigenvalue weighted by Gasteiger charge is -2.35. The van der Waals surface area contributed by atoms with E-state index < -0.39 is 0 Å². The van der Waals surface area contributed by atoms with Crippen molar-refractivity contribution in [3.8, 4) is 11.5 Å². The van der Waals surface area contributed by atoms with Gasteiger partial charge in [-0.3, -0.25) is 9.80 Å². The molecule has 1 heterocycles. The lowest BCUT2D eigenvalue weighted by molar-refractivity contribution is 0.120. The predicted octanol–water partition coefficient (Wildman–Crippen LogP) is 3.65. The summed E-state index contributed by atoms with van der Waals surface area (Å²) in [6, 6.07) is 7.96. The van der Waals surface area contributed by atoms with Gasteiger partial charge in [-0.05, 0) is 62.1 Å². The van der Waals surface area contributed by atoms with E-state index in [0.717, 1.165) is 72.6 Å². The van der Waals surface area contributed by atoms with Gasteiger partial charge in [-0.2, -0.15) is 0 Å². The Morgan fingerprint density at radius 1 is 0.654 bits per heavy atom. The van der Waals surface area contributed by atoms with Crippen LogP contribution in [0, 0.1) is 27.7 Å². The van der Waals surface area contributed by atoms with Gasteiger partial charge in [0.1, 0.15) is 11.5 Å². The summed E-state index contributed by atoms with van der Waals surface area (Å²) in [5, 5.41) is 20.5. The van der Waals surface area contributed by atoms with Gasteiger partial charge in [0, 0.05) is 50.4 Å². The van der Waals surface area contributed by atoms with E-state index in [1.807, 2.05) is 26.0 Å². The van der Waals surface area contributed by atoms with E-state index in [0.29, 0.717) is 11.5 Å². The molecule has 3 rings (SSSR count). The second kappa shape index (κ2) is 7.68. The monoisotopic (exact) mass is 354 g/mol. The second-order valence-corrected chi connectivity index (χ2v) is 7.71. The van der Waals surface area contributed by atoms with Crippen molar-refractivity contribution in [2.24, 2.45) is 0 Å². The number of phenols is 2. The van der Waals surface area contributed by atoms with E-state index in [9.17, 15) is 10.2 Å². The Balaban J connectivity index is 1.60. The SMILES string of the molecule is Cc1cc(C)c(CN2CCN(Cc3c(C)cc(C)cc3O)CC2)c(O)c1. The first-order valence-corrected chi connectivity index (χ1v) is 9.36. The molecule has 1 aliphatic heterocycles. The van der Waals surface area contributed by atoms with Crippen LogP contribution >= 0.6 is 0 Å². The smallest absolute Gasteiger partial charge is 0.120 e. The minimum absolute atomic E-state index is 0.408. The van der Waals surface area contributed by atoms with Gasteiger partial charge in [0.15, 0.2) is 0 Å². The lowest BCUT2D eigenvalue weighted by Crippen LogP contribution is -2.45. The minimum atomic E-state index is 0.408. The molecule has 0 aromatic heterocycles. The van der Waals surface area contributed by atoms with Crippen molar-refractivity contribution in [3.63, 3.8) is 0 Å². The summed E-state index contributed by atoms with van der Waals surface area (Å²) in [4.78, 5) is 4.80. The Hall–Kier alpha value is -2.04. The number of aryl methyl sites for hydroxylation is 4. The van der Waals surface area contributed by atoms with Crippen LogP contribution < -0.4 is 0 Å². The zero-order valence-corrected chi connectivity index (χ0v) is 16.3. The number of phenolic OH excluding ortho intramolecular Hbond substituents is 2. The molecule has 4 heteroatoms. The van der Waals surface area contributed by atoms with Crippen LogP contribution in [0.25, 0.3) is 0 Å². The molecule has 1 aliphatic rings. The zero-order chi connectivity index (χ0) is 18.8. The molecule has 0 aliphatic carbocycles. The minimum Gasteiger partial charge on any atom is -0.508 e. The molecular weight excluding hydrogens is 324 g/mol. The van der Waals surface area contributed by atoms with E-state index in [-0.39, 0.29) is 0 Å². The van der Waals surface area contributed by atoms with Crippen molar-refractivity contribution < 1.29 is 10.2 Å². The van der Waals surface area contributed by atoms with Crippen LogP contribution in [0.3, 0.4) is 0 Å². The molecule has 1 fully saturated rings. The van der Waals surface area contributed by atoms with Crippen molar-refractivity contribution in [1.82, 2.24) is 9.80 Å². The Bertz CT molecular complexity index is 679. The van der Waals surface area contributed by atoms with E-state index in [1.54, 1.807) is 0 Å². The van der Waals surface area contributed by atoms with Crippen LogP contribution in [0.15, 0.2) is 24.3 Å². The molecule has 0 atom stereocenters. The fourth-order valence-electron chi connectivity index (χ4n) is 3.91. The largest absolute Gasteiger partial charge is 0.508 e. The first kappa shape index (κ1) is 18.7. The molecule has 2 N–H and O–H groups in total. The average molecular weight is 354 g/mol. The van der Waals surface area contributed by atoms with Gasteiger partial charge in [-0.1, -0.05) is 12.1 Å². The summed E-state index contributed by atoms with van der Waals surface area (Å²) in [6.07, 6.45) is 0. The summed E-state index contributed by atoms with van der Waals surface area (Å²) in [7, 11) is 0. The molecule has 26 heavy (non-hydrogen) atoms. The number of rotatable bonds is 4. The summed E-state index contributed by atoms with van der Waals surface area (Å²) >= 11 is 0. The molecule has 0 radical (unpaired) electrons. The predicted molar refractivity (Wildman–Crippen MR) is 106 cm³/mol. The first-order chi connectivity index (χ1) is 12.3. The summed E-state index contributed by atoms with van der Waals surface area (Å²) in [6.45, 7) is 13.6. The quantitative estimate of drug-likeness (QED) is 0.880. The maximum atomic E-state index is 10.3. The maximum Gasteiger partial charge on any atom is 0.120 e. The van der Waals surface area contributed by atoms with Crippen molar-refractivity contribution >= 4 is 0 Å². The Morgan fingerprint density at radius 2 is 1.00 bits per heavy atom. The molecule has 1 saturated heterocycles. The molecule has 0 amide bonds. The molecular formula is C22H30N2O2. The van der Waals surface area contributed by atoms with E-state index in [4.69, 9.17) is 0 Å². The molecule has 140 valence electrons. The third-order valence-electron chi connectivity index (χ3n) is 5.42. The van der Waals surface area contributed by atoms with Crippen LogP contribution in [0.5, 0.6) is 11.5 Å². The van der Waals surface area contributed by atoms with Gasteiger partial charge in [0.2, 0.25) is 0 Å². The second-order valence-electron chi connectivity index (χ2n) is 7.71. The highest BCUT2D eigenvalue weighted by molar-refractivity contribution is 5.43. The first-order valence-electron chi connectivity index (χ1n) is 9.36.